The fraction of sp³-hybridized carbons (Fsp3) is 0.667. The molecule has 0 aromatic rings. The van der Waals surface area contributed by atoms with Crippen LogP contribution in [-0.4, -0.2) is 29.1 Å². The first kappa shape index (κ1) is 6.39. The van der Waals surface area contributed by atoms with Crippen LogP contribution in [0.1, 0.15) is 0 Å². The Balaban J connectivity index is 3.38. The molecule has 0 unspecified atom stereocenters. The first-order chi connectivity index (χ1) is 3.35. The van der Waals surface area contributed by atoms with Crippen LogP contribution in [0.3, 0.4) is 0 Å². The van der Waals surface area contributed by atoms with Crippen molar-refractivity contribution in [1.82, 2.24) is 0 Å². The van der Waals surface area contributed by atoms with E-state index in [0.717, 1.165) is 0 Å². The van der Waals surface area contributed by atoms with Gasteiger partial charge in [-0.1, -0.05) is 0 Å². The van der Waals surface area contributed by atoms with Crippen molar-refractivity contribution >= 4 is 5.71 Å². The van der Waals surface area contributed by atoms with E-state index in [2.05, 4.69) is 10.9 Å². The topological polar surface area (TPSA) is 78.8 Å². The van der Waals surface area contributed by atoms with Gasteiger partial charge in [-0.3, -0.25) is 0 Å². The number of nitrogens with two attached hydrogens (primary N) is 1. The zero-order valence-corrected chi connectivity index (χ0v) is 3.83. The highest BCUT2D eigenvalue weighted by molar-refractivity contribution is 5.86. The van der Waals surface area contributed by atoms with Gasteiger partial charge in [-0.15, -0.1) is 0 Å². The van der Waals surface area contributed by atoms with Crippen molar-refractivity contribution in [2.75, 3.05) is 13.2 Å². The fourth-order valence-corrected chi connectivity index (χ4v) is 0.132. The fourth-order valence-electron chi connectivity index (χ4n) is 0.132. The van der Waals surface area contributed by atoms with Gasteiger partial charge in [-0.05, 0) is 0 Å². The number of aliphatic hydroxyl groups is 2. The Morgan fingerprint density at radius 3 is 1.86 bits per heavy atom. The third-order valence-electron chi connectivity index (χ3n) is 0.548. The molecule has 0 aliphatic heterocycles. The number of hydrogen-bond donors (Lipinski definition) is 3. The smallest absolute Gasteiger partial charge is 0.0883 e. The summed E-state index contributed by atoms with van der Waals surface area (Å²) < 4.78 is 0. The summed E-state index contributed by atoms with van der Waals surface area (Å²) in [7, 11) is 0. The average Bonchev–Trinajstić information content (AvgIpc) is 1.72. The first-order valence-corrected chi connectivity index (χ1v) is 1.82. The van der Waals surface area contributed by atoms with Gasteiger partial charge in [0.2, 0.25) is 0 Å². The minimum Gasteiger partial charge on any atom is -0.390 e. The third-order valence-corrected chi connectivity index (χ3v) is 0.548. The minimum absolute atomic E-state index is 0.194. The third kappa shape index (κ3) is 2.13. The molecule has 7 heavy (non-hydrogen) atoms. The molecule has 0 rings (SSSR count). The van der Waals surface area contributed by atoms with Crippen molar-refractivity contribution in [2.24, 2.45) is 10.9 Å². The van der Waals surface area contributed by atoms with Gasteiger partial charge in [-0.25, -0.2) is 0 Å². The Morgan fingerprint density at radius 1 is 1.43 bits per heavy atom. The van der Waals surface area contributed by atoms with Crippen LogP contribution in [0.25, 0.3) is 0 Å². The Hall–Kier alpha value is -0.610. The Kier molecular flexibility index (Phi) is 3.26. The monoisotopic (exact) mass is 104 g/mol. The second-order valence-corrected chi connectivity index (χ2v) is 1.01. The van der Waals surface area contributed by atoms with Gasteiger partial charge < -0.3 is 16.1 Å². The van der Waals surface area contributed by atoms with E-state index in [4.69, 9.17) is 10.2 Å². The van der Waals surface area contributed by atoms with Crippen LogP contribution < -0.4 is 5.84 Å². The number of nitrogens with zero attached hydrogens (tertiary/aromatic N) is 1. The van der Waals surface area contributed by atoms with Crippen LogP contribution in [0, 0.1) is 0 Å². The van der Waals surface area contributed by atoms with Crippen LogP contribution in [0.5, 0.6) is 0 Å². The van der Waals surface area contributed by atoms with E-state index < -0.39 is 0 Å². The molecule has 4 nitrogen and oxygen atoms in total. The van der Waals surface area contributed by atoms with Crippen LogP contribution in [-0.2, 0) is 0 Å². The summed E-state index contributed by atoms with van der Waals surface area (Å²) >= 11 is 0. The SMILES string of the molecule is NN=C(CO)CO. The predicted molar refractivity (Wildman–Crippen MR) is 25.8 cm³/mol. The molecule has 0 spiro atoms. The molecule has 0 radical (unpaired) electrons. The molecule has 0 bridgehead atoms. The number of hydrazone groups is 1. The second-order valence-electron chi connectivity index (χ2n) is 1.01. The van der Waals surface area contributed by atoms with Gasteiger partial charge >= 0.3 is 0 Å². The standard InChI is InChI=1S/C3H8N2O2/c4-5-3(1-6)2-7/h6-7H,1-2,4H2. The Morgan fingerprint density at radius 2 is 1.86 bits per heavy atom. The lowest BCUT2D eigenvalue weighted by Crippen LogP contribution is -2.11. The van der Waals surface area contributed by atoms with Crippen molar-refractivity contribution in [3.8, 4) is 0 Å². The highest BCUT2D eigenvalue weighted by Gasteiger charge is 1.88. The molecule has 0 fully saturated rings. The molecule has 4 N–H and O–H groups in total. The molecule has 0 atom stereocenters. The average molecular weight is 104 g/mol. The van der Waals surface area contributed by atoms with Crippen molar-refractivity contribution in [3.05, 3.63) is 0 Å². The minimum atomic E-state index is -0.271. The molecule has 0 amide bonds. The normalized spacial score (nSPS) is 8.29. The quantitative estimate of drug-likeness (QED) is 0.221. The maximum atomic E-state index is 8.16. The highest BCUT2D eigenvalue weighted by atomic mass is 16.3. The van der Waals surface area contributed by atoms with Gasteiger partial charge in [0.25, 0.3) is 0 Å². The number of hydrogen-bond acceptors (Lipinski definition) is 4. The maximum absolute atomic E-state index is 8.16. The molecule has 0 aromatic carbocycles. The van der Waals surface area contributed by atoms with Crippen LogP contribution in [0.4, 0.5) is 0 Å². The lowest BCUT2D eigenvalue weighted by Gasteiger charge is -1.90. The van der Waals surface area contributed by atoms with Gasteiger partial charge in [-0.2, -0.15) is 5.10 Å². The summed E-state index contributed by atoms with van der Waals surface area (Å²) in [5.41, 5.74) is 0.194. The molecular weight excluding hydrogens is 96.0 g/mol. The van der Waals surface area contributed by atoms with Crippen LogP contribution in [0.2, 0.25) is 0 Å². The van der Waals surface area contributed by atoms with Crippen molar-refractivity contribution in [3.63, 3.8) is 0 Å². The summed E-state index contributed by atoms with van der Waals surface area (Å²) in [4.78, 5) is 0. The first-order valence-electron chi connectivity index (χ1n) is 1.82. The van der Waals surface area contributed by atoms with Crippen molar-refractivity contribution < 1.29 is 10.2 Å². The molecular formula is C3H8N2O2. The van der Waals surface area contributed by atoms with Gasteiger partial charge in [0.05, 0.1) is 18.9 Å². The van der Waals surface area contributed by atoms with Gasteiger partial charge in [0.15, 0.2) is 0 Å². The van der Waals surface area contributed by atoms with Crippen LogP contribution in [0.15, 0.2) is 5.10 Å². The second kappa shape index (κ2) is 3.58. The molecule has 0 aromatic heterocycles. The lowest BCUT2D eigenvalue weighted by atomic mass is 10.4. The van der Waals surface area contributed by atoms with E-state index >= 15 is 0 Å². The summed E-state index contributed by atoms with van der Waals surface area (Å²) in [5.74, 6) is 4.66. The van der Waals surface area contributed by atoms with Gasteiger partial charge in [0, 0.05) is 0 Å². The van der Waals surface area contributed by atoms with E-state index in [1.807, 2.05) is 0 Å². The van der Waals surface area contributed by atoms with E-state index in [1.165, 1.54) is 0 Å². The van der Waals surface area contributed by atoms with Gasteiger partial charge in [0.1, 0.15) is 0 Å². The summed E-state index contributed by atoms with van der Waals surface area (Å²) in [6.45, 7) is -0.542. The highest BCUT2D eigenvalue weighted by Crippen LogP contribution is 1.66. The van der Waals surface area contributed by atoms with E-state index in [-0.39, 0.29) is 18.9 Å². The van der Waals surface area contributed by atoms with E-state index in [1.54, 1.807) is 0 Å². The molecule has 0 saturated carbocycles. The molecule has 0 aliphatic carbocycles. The van der Waals surface area contributed by atoms with E-state index in [9.17, 15) is 0 Å². The summed E-state index contributed by atoms with van der Waals surface area (Å²) in [6.07, 6.45) is 0. The largest absolute Gasteiger partial charge is 0.390 e. The Labute approximate surface area is 41.3 Å². The summed E-state index contributed by atoms with van der Waals surface area (Å²) in [5, 5.41) is 19.4. The van der Waals surface area contributed by atoms with Crippen molar-refractivity contribution in [1.29, 1.82) is 0 Å². The van der Waals surface area contributed by atoms with E-state index in [0.29, 0.717) is 0 Å². The number of aliphatic hydroxyl groups excluding tert-OH is 2. The predicted octanol–water partition coefficient (Wildman–Crippen LogP) is -1.71. The van der Waals surface area contributed by atoms with Crippen LogP contribution >= 0.6 is 0 Å². The summed E-state index contributed by atoms with van der Waals surface area (Å²) in [6, 6.07) is 0. The lowest BCUT2D eigenvalue weighted by molar-refractivity contribution is 0.319. The zero-order chi connectivity index (χ0) is 5.70. The molecule has 0 saturated heterocycles. The van der Waals surface area contributed by atoms with Crippen molar-refractivity contribution in [2.45, 2.75) is 0 Å². The number of rotatable bonds is 2. The molecule has 0 heterocycles. The molecule has 0 aliphatic rings. The Bertz CT molecular complexity index is 65.3. The molecule has 42 valence electrons. The molecule has 4 heteroatoms. The maximum Gasteiger partial charge on any atom is 0.0883 e. The zero-order valence-electron chi connectivity index (χ0n) is 3.83.